The number of carbonyl (C=O) groups is 1. The highest BCUT2D eigenvalue weighted by Gasteiger charge is 2.40. The molecule has 1 unspecified atom stereocenters. The number of nitrogens with zero attached hydrogens (tertiary/aromatic N) is 4. The van der Waals surface area contributed by atoms with Crippen LogP contribution in [0.2, 0.25) is 0 Å². The number of aryl methyl sites for hydroxylation is 1. The fourth-order valence-corrected chi connectivity index (χ4v) is 4.92. The second-order valence-electron chi connectivity index (χ2n) is 9.33. The summed E-state index contributed by atoms with van der Waals surface area (Å²) in [4.78, 5) is 14.0. The lowest BCUT2D eigenvalue weighted by Crippen LogP contribution is -2.42. The lowest BCUT2D eigenvalue weighted by Gasteiger charge is -2.26. The van der Waals surface area contributed by atoms with Gasteiger partial charge in [0, 0.05) is 16.7 Å². The number of aromatic nitrogens is 3. The molecule has 1 N–H and O–H groups in total. The summed E-state index contributed by atoms with van der Waals surface area (Å²) >= 11 is 0. The Morgan fingerprint density at radius 1 is 1.10 bits per heavy atom. The number of aromatic hydroxyl groups is 1. The smallest absolute Gasteiger partial charge is 0.406 e. The van der Waals surface area contributed by atoms with Gasteiger partial charge in [0.25, 0.3) is 5.91 Å². The molecule has 1 amide bonds. The van der Waals surface area contributed by atoms with Crippen LogP contribution in [-0.2, 0) is 11.2 Å². The fourth-order valence-electron chi connectivity index (χ4n) is 4.92. The topological polar surface area (TPSA) is 80.5 Å². The molecule has 7 nitrogen and oxygen atoms in total. The van der Waals surface area contributed by atoms with E-state index in [4.69, 9.17) is 4.74 Å². The number of phenols is 1. The third kappa shape index (κ3) is 5.16. The number of alkyl halides is 3. The van der Waals surface area contributed by atoms with E-state index >= 15 is 0 Å². The molecular formula is C28H24F4N4O3. The van der Waals surface area contributed by atoms with Gasteiger partial charge in [0.1, 0.15) is 35.6 Å². The lowest BCUT2D eigenvalue weighted by molar-refractivity contribution is -0.134. The van der Waals surface area contributed by atoms with E-state index < -0.39 is 30.5 Å². The van der Waals surface area contributed by atoms with E-state index in [9.17, 15) is 27.5 Å². The Hall–Kier alpha value is -4.41. The minimum Gasteiger partial charge on any atom is -0.508 e. The van der Waals surface area contributed by atoms with E-state index in [1.165, 1.54) is 36.2 Å². The Morgan fingerprint density at radius 3 is 2.59 bits per heavy atom. The molecule has 0 radical (unpaired) electrons. The summed E-state index contributed by atoms with van der Waals surface area (Å²) in [5.74, 6) is -0.827. The SMILES string of the molecule is COc1cc(-c2cn(C3CCc4c(F)cccc4N(CC(F)(F)F)C3=O)nn2)ccc1-c1ccc(O)cc1C. The first-order chi connectivity index (χ1) is 18.6. The van der Waals surface area contributed by atoms with Crippen LogP contribution in [0.3, 0.4) is 0 Å². The molecule has 4 aromatic rings. The standard InChI is InChI=1S/C28H24F4N4O3/c1-16-12-18(37)7-9-19(16)20-8-6-17(13-26(20)39-2)23-14-36(34-33-23)25-11-10-21-22(29)4-3-5-24(21)35(27(25)38)15-28(30,31)32/h3-9,12-14,25,37H,10-11,15H2,1-2H3. The Kier molecular flexibility index (Phi) is 6.75. The number of benzene rings is 3. The molecule has 1 aromatic heterocycles. The second kappa shape index (κ2) is 10.0. The minimum atomic E-state index is -4.68. The summed E-state index contributed by atoms with van der Waals surface area (Å²) < 4.78 is 61.6. The number of anilines is 1. The van der Waals surface area contributed by atoms with Crippen LogP contribution in [0.1, 0.15) is 23.6 Å². The number of halogens is 4. The third-order valence-corrected chi connectivity index (χ3v) is 6.77. The summed E-state index contributed by atoms with van der Waals surface area (Å²) in [6.07, 6.45) is -3.10. The van der Waals surface area contributed by atoms with Gasteiger partial charge in [-0.1, -0.05) is 23.4 Å². The molecule has 1 aliphatic rings. The van der Waals surface area contributed by atoms with Gasteiger partial charge in [-0.15, -0.1) is 5.10 Å². The van der Waals surface area contributed by atoms with E-state index in [-0.39, 0.29) is 29.8 Å². The van der Waals surface area contributed by atoms with Crippen molar-refractivity contribution in [1.29, 1.82) is 0 Å². The Morgan fingerprint density at radius 2 is 1.87 bits per heavy atom. The number of amides is 1. The van der Waals surface area contributed by atoms with Crippen molar-refractivity contribution in [2.45, 2.75) is 32.0 Å². The molecule has 1 aliphatic heterocycles. The van der Waals surface area contributed by atoms with Crippen molar-refractivity contribution in [3.63, 3.8) is 0 Å². The van der Waals surface area contributed by atoms with Crippen molar-refractivity contribution >= 4 is 11.6 Å². The highest BCUT2D eigenvalue weighted by Crippen LogP contribution is 2.38. The molecule has 1 atom stereocenters. The minimum absolute atomic E-state index is 0.0479. The summed E-state index contributed by atoms with van der Waals surface area (Å²) in [5, 5.41) is 18.0. The van der Waals surface area contributed by atoms with Crippen molar-refractivity contribution in [2.75, 3.05) is 18.6 Å². The number of rotatable bonds is 5. The normalized spacial score (nSPS) is 15.7. The Balaban J connectivity index is 1.48. The van der Waals surface area contributed by atoms with Crippen molar-refractivity contribution in [2.24, 2.45) is 0 Å². The van der Waals surface area contributed by atoms with Gasteiger partial charge >= 0.3 is 6.18 Å². The second-order valence-corrected chi connectivity index (χ2v) is 9.33. The average Bonchev–Trinajstić information content (AvgIpc) is 3.32. The van der Waals surface area contributed by atoms with E-state index in [0.717, 1.165) is 16.7 Å². The largest absolute Gasteiger partial charge is 0.508 e. The van der Waals surface area contributed by atoms with Gasteiger partial charge in [-0.3, -0.25) is 4.79 Å². The van der Waals surface area contributed by atoms with Gasteiger partial charge in [0.05, 0.1) is 19.0 Å². The zero-order valence-corrected chi connectivity index (χ0v) is 21.0. The molecule has 202 valence electrons. The van der Waals surface area contributed by atoms with E-state index in [1.807, 2.05) is 13.0 Å². The molecule has 39 heavy (non-hydrogen) atoms. The summed E-state index contributed by atoms with van der Waals surface area (Å²) in [7, 11) is 1.52. The molecule has 5 rings (SSSR count). The molecule has 0 aliphatic carbocycles. The van der Waals surface area contributed by atoms with Crippen molar-refractivity contribution in [3.8, 4) is 33.9 Å². The maximum Gasteiger partial charge on any atom is 0.406 e. The number of methoxy groups -OCH3 is 1. The third-order valence-electron chi connectivity index (χ3n) is 6.77. The molecule has 0 saturated carbocycles. The first kappa shape index (κ1) is 26.2. The predicted octanol–water partition coefficient (Wildman–Crippen LogP) is 5.86. The van der Waals surface area contributed by atoms with Gasteiger partial charge in [0.2, 0.25) is 0 Å². The molecular weight excluding hydrogens is 516 g/mol. The van der Waals surface area contributed by atoms with Crippen molar-refractivity contribution in [3.05, 3.63) is 77.7 Å². The van der Waals surface area contributed by atoms with Crippen LogP contribution < -0.4 is 9.64 Å². The molecule has 0 fully saturated rings. The van der Waals surface area contributed by atoms with Crippen LogP contribution in [0.4, 0.5) is 23.2 Å². The number of carbonyl (C=O) groups excluding carboxylic acids is 1. The predicted molar refractivity (Wildman–Crippen MR) is 136 cm³/mol. The summed E-state index contributed by atoms with van der Waals surface area (Å²) in [5.41, 5.74) is 3.45. The molecule has 2 heterocycles. The van der Waals surface area contributed by atoms with Gasteiger partial charge in [-0.2, -0.15) is 13.2 Å². The Bertz CT molecular complexity index is 1550. The fraction of sp³-hybridized carbons (Fsp3) is 0.250. The van der Waals surface area contributed by atoms with E-state index in [1.54, 1.807) is 30.3 Å². The van der Waals surface area contributed by atoms with Crippen LogP contribution in [0.25, 0.3) is 22.4 Å². The van der Waals surface area contributed by atoms with Gasteiger partial charge in [-0.05, 0) is 67.3 Å². The van der Waals surface area contributed by atoms with Crippen molar-refractivity contribution < 1.29 is 32.2 Å². The highest BCUT2D eigenvalue weighted by atomic mass is 19.4. The highest BCUT2D eigenvalue weighted by molar-refractivity contribution is 5.97. The van der Waals surface area contributed by atoms with Gasteiger partial charge < -0.3 is 14.7 Å². The monoisotopic (exact) mass is 540 g/mol. The molecule has 0 spiro atoms. The van der Waals surface area contributed by atoms with Gasteiger partial charge in [0.15, 0.2) is 0 Å². The van der Waals surface area contributed by atoms with Crippen LogP contribution in [-0.4, -0.2) is 45.8 Å². The zero-order chi connectivity index (χ0) is 27.9. The molecule has 3 aromatic carbocycles. The Labute approximate surface area is 221 Å². The van der Waals surface area contributed by atoms with E-state index in [0.29, 0.717) is 21.9 Å². The number of ether oxygens (including phenoxy) is 1. The number of phenolic OH excluding ortho intramolecular Hbond substituents is 1. The maximum absolute atomic E-state index is 14.5. The zero-order valence-electron chi connectivity index (χ0n) is 21.0. The molecule has 0 saturated heterocycles. The lowest BCUT2D eigenvalue weighted by atomic mass is 9.97. The first-order valence-electron chi connectivity index (χ1n) is 12.1. The quantitative estimate of drug-likeness (QED) is 0.321. The molecule has 0 bridgehead atoms. The first-order valence-corrected chi connectivity index (χ1v) is 12.1. The van der Waals surface area contributed by atoms with Crippen LogP contribution in [0, 0.1) is 12.7 Å². The maximum atomic E-state index is 14.5. The van der Waals surface area contributed by atoms with Crippen LogP contribution in [0.5, 0.6) is 11.5 Å². The summed E-state index contributed by atoms with van der Waals surface area (Å²) in [6, 6.07) is 13.0. The number of fused-ring (bicyclic) bond motifs is 1. The van der Waals surface area contributed by atoms with E-state index in [2.05, 4.69) is 10.3 Å². The van der Waals surface area contributed by atoms with Crippen LogP contribution >= 0.6 is 0 Å². The van der Waals surface area contributed by atoms with Crippen molar-refractivity contribution in [1.82, 2.24) is 15.0 Å². The number of hydrogen-bond donors (Lipinski definition) is 1. The number of hydrogen-bond acceptors (Lipinski definition) is 5. The molecule has 11 heteroatoms. The average molecular weight is 541 g/mol. The van der Waals surface area contributed by atoms with Crippen LogP contribution in [0.15, 0.2) is 60.8 Å². The van der Waals surface area contributed by atoms with Gasteiger partial charge in [-0.25, -0.2) is 9.07 Å². The summed E-state index contributed by atoms with van der Waals surface area (Å²) in [6.45, 7) is 0.319.